The number of rotatable bonds is 5. The van der Waals surface area contributed by atoms with E-state index in [1.807, 2.05) is 0 Å². The Morgan fingerprint density at radius 3 is 2.61 bits per heavy atom. The molecule has 1 amide bonds. The Balaban J connectivity index is 1.83. The first-order valence-corrected chi connectivity index (χ1v) is 8.35. The van der Waals surface area contributed by atoms with E-state index in [9.17, 15) is 9.59 Å². The lowest BCUT2D eigenvalue weighted by atomic mass is 10.2. The van der Waals surface area contributed by atoms with Crippen molar-refractivity contribution < 1.29 is 14.3 Å². The fraction of sp³-hybridized carbons (Fsp3) is 0.412. The molecule has 0 unspecified atom stereocenters. The van der Waals surface area contributed by atoms with E-state index in [4.69, 9.17) is 27.9 Å². The Labute approximate surface area is 145 Å². The van der Waals surface area contributed by atoms with Gasteiger partial charge in [-0.1, -0.05) is 42.1 Å². The maximum Gasteiger partial charge on any atom is 0.331 e. The van der Waals surface area contributed by atoms with Crippen LogP contribution in [0.4, 0.5) is 0 Å². The molecule has 1 aliphatic rings. The van der Waals surface area contributed by atoms with Gasteiger partial charge in [-0.2, -0.15) is 0 Å². The molecule has 124 valence electrons. The van der Waals surface area contributed by atoms with Gasteiger partial charge in [0.15, 0.2) is 6.10 Å². The monoisotopic (exact) mass is 355 g/mol. The third-order valence-electron chi connectivity index (χ3n) is 3.72. The van der Waals surface area contributed by atoms with E-state index >= 15 is 0 Å². The van der Waals surface area contributed by atoms with Crippen molar-refractivity contribution in [3.8, 4) is 0 Å². The third-order valence-corrected chi connectivity index (χ3v) is 4.46. The van der Waals surface area contributed by atoms with Crippen LogP contribution in [-0.4, -0.2) is 24.0 Å². The van der Waals surface area contributed by atoms with Crippen molar-refractivity contribution in [3.05, 3.63) is 39.9 Å². The third kappa shape index (κ3) is 5.56. The van der Waals surface area contributed by atoms with E-state index in [1.54, 1.807) is 31.2 Å². The van der Waals surface area contributed by atoms with Crippen molar-refractivity contribution in [2.45, 2.75) is 44.8 Å². The van der Waals surface area contributed by atoms with Gasteiger partial charge in [0.1, 0.15) is 0 Å². The molecule has 1 aliphatic carbocycles. The van der Waals surface area contributed by atoms with E-state index < -0.39 is 12.1 Å². The van der Waals surface area contributed by atoms with Crippen LogP contribution in [0.5, 0.6) is 0 Å². The highest BCUT2D eigenvalue weighted by molar-refractivity contribution is 6.42. The molecule has 0 aromatic heterocycles. The minimum atomic E-state index is -0.818. The van der Waals surface area contributed by atoms with Gasteiger partial charge in [0.2, 0.25) is 0 Å². The Hall–Kier alpha value is -1.52. The average molecular weight is 356 g/mol. The van der Waals surface area contributed by atoms with Gasteiger partial charge in [-0.25, -0.2) is 4.79 Å². The molecule has 4 nitrogen and oxygen atoms in total. The highest BCUT2D eigenvalue weighted by Gasteiger charge is 2.22. The largest absolute Gasteiger partial charge is 0.449 e. The molecule has 0 bridgehead atoms. The molecule has 0 aliphatic heterocycles. The molecule has 1 atom stereocenters. The van der Waals surface area contributed by atoms with Crippen LogP contribution in [0.15, 0.2) is 24.3 Å². The summed E-state index contributed by atoms with van der Waals surface area (Å²) >= 11 is 11.7. The highest BCUT2D eigenvalue weighted by Crippen LogP contribution is 2.23. The zero-order valence-electron chi connectivity index (χ0n) is 12.9. The lowest BCUT2D eigenvalue weighted by Crippen LogP contribution is -2.40. The van der Waals surface area contributed by atoms with E-state index in [0.29, 0.717) is 10.0 Å². The Bertz CT molecular complexity index is 610. The predicted octanol–water partition coefficient (Wildman–Crippen LogP) is 4.00. The number of carbonyl (C=O) groups excluding carboxylic acids is 2. The molecular formula is C17H19Cl2NO3. The molecule has 1 aromatic rings. The first kappa shape index (κ1) is 17.8. The first-order chi connectivity index (χ1) is 11.0. The lowest BCUT2D eigenvalue weighted by Gasteiger charge is -2.16. The summed E-state index contributed by atoms with van der Waals surface area (Å²) in [6.07, 6.45) is 6.25. The molecule has 1 aromatic carbocycles. The Kier molecular flexibility index (Phi) is 6.48. The molecule has 0 heterocycles. The summed E-state index contributed by atoms with van der Waals surface area (Å²) in [5, 5.41) is 3.76. The Morgan fingerprint density at radius 1 is 1.26 bits per heavy atom. The normalized spacial score (nSPS) is 16.5. The molecule has 1 N–H and O–H groups in total. The number of ether oxygens (including phenoxy) is 1. The second-order valence-corrected chi connectivity index (χ2v) is 6.39. The minimum Gasteiger partial charge on any atom is -0.449 e. The molecular weight excluding hydrogens is 337 g/mol. The van der Waals surface area contributed by atoms with Crippen LogP contribution in [0.1, 0.15) is 38.2 Å². The van der Waals surface area contributed by atoms with Gasteiger partial charge < -0.3 is 10.1 Å². The van der Waals surface area contributed by atoms with E-state index in [1.165, 1.54) is 6.08 Å². The van der Waals surface area contributed by atoms with Crippen LogP contribution < -0.4 is 5.32 Å². The SMILES string of the molecule is C[C@@H](OC(=O)/C=C/c1ccc(Cl)c(Cl)c1)C(=O)NC1CCCC1. The van der Waals surface area contributed by atoms with Gasteiger partial charge in [-0.15, -0.1) is 0 Å². The smallest absolute Gasteiger partial charge is 0.331 e. The van der Waals surface area contributed by atoms with Gasteiger partial charge >= 0.3 is 5.97 Å². The zero-order valence-corrected chi connectivity index (χ0v) is 14.4. The molecule has 1 saturated carbocycles. The number of amides is 1. The first-order valence-electron chi connectivity index (χ1n) is 7.60. The number of nitrogens with one attached hydrogen (secondary N) is 1. The molecule has 0 spiro atoms. The Morgan fingerprint density at radius 2 is 1.96 bits per heavy atom. The minimum absolute atomic E-state index is 0.204. The van der Waals surface area contributed by atoms with Crippen molar-refractivity contribution in [2.24, 2.45) is 0 Å². The summed E-state index contributed by atoms with van der Waals surface area (Å²) in [5.74, 6) is -0.835. The zero-order chi connectivity index (χ0) is 16.8. The number of carbonyl (C=O) groups is 2. The summed E-state index contributed by atoms with van der Waals surface area (Å²) in [6.45, 7) is 1.56. The van der Waals surface area contributed by atoms with Crippen molar-refractivity contribution in [1.29, 1.82) is 0 Å². The van der Waals surface area contributed by atoms with Crippen LogP contribution in [-0.2, 0) is 14.3 Å². The molecule has 0 saturated heterocycles. The summed E-state index contributed by atoms with van der Waals surface area (Å²) < 4.78 is 5.10. The summed E-state index contributed by atoms with van der Waals surface area (Å²) in [7, 11) is 0. The topological polar surface area (TPSA) is 55.4 Å². The molecule has 2 rings (SSSR count). The fourth-order valence-corrected chi connectivity index (χ4v) is 2.74. The molecule has 0 radical (unpaired) electrons. The maximum atomic E-state index is 11.9. The van der Waals surface area contributed by atoms with Gasteiger partial charge in [-0.3, -0.25) is 4.79 Å². The standard InChI is InChI=1S/C17H19Cl2NO3/c1-11(17(22)20-13-4-2-3-5-13)23-16(21)9-7-12-6-8-14(18)15(19)10-12/h6-11,13H,2-5H2,1H3,(H,20,22)/b9-7+/t11-/m1/s1. The fourth-order valence-electron chi connectivity index (χ4n) is 2.44. The van der Waals surface area contributed by atoms with E-state index in [0.717, 1.165) is 31.2 Å². The molecule has 23 heavy (non-hydrogen) atoms. The number of halogens is 2. The number of esters is 1. The maximum absolute atomic E-state index is 11.9. The van der Waals surface area contributed by atoms with Crippen LogP contribution in [0.3, 0.4) is 0 Å². The van der Waals surface area contributed by atoms with Crippen molar-refractivity contribution in [3.63, 3.8) is 0 Å². The number of benzene rings is 1. The average Bonchev–Trinajstić information content (AvgIpc) is 3.01. The van der Waals surface area contributed by atoms with Gasteiger partial charge in [-0.05, 0) is 43.5 Å². The lowest BCUT2D eigenvalue weighted by molar-refractivity contribution is -0.150. The van der Waals surface area contributed by atoms with Crippen LogP contribution in [0, 0.1) is 0 Å². The molecule has 6 heteroatoms. The highest BCUT2D eigenvalue weighted by atomic mass is 35.5. The quantitative estimate of drug-likeness (QED) is 0.641. The summed E-state index contributed by atoms with van der Waals surface area (Å²) in [4.78, 5) is 23.7. The second kappa shape index (κ2) is 8.37. The van der Waals surface area contributed by atoms with Crippen LogP contribution in [0.25, 0.3) is 6.08 Å². The van der Waals surface area contributed by atoms with Gasteiger partial charge in [0, 0.05) is 12.1 Å². The van der Waals surface area contributed by atoms with Crippen LogP contribution >= 0.6 is 23.2 Å². The van der Waals surface area contributed by atoms with Gasteiger partial charge in [0.05, 0.1) is 10.0 Å². The second-order valence-electron chi connectivity index (χ2n) is 5.58. The summed E-state index contributed by atoms with van der Waals surface area (Å²) in [6, 6.07) is 5.22. The van der Waals surface area contributed by atoms with Crippen molar-refractivity contribution in [1.82, 2.24) is 5.32 Å². The van der Waals surface area contributed by atoms with E-state index in [-0.39, 0.29) is 11.9 Å². The van der Waals surface area contributed by atoms with Crippen molar-refractivity contribution >= 4 is 41.2 Å². The number of hydrogen-bond donors (Lipinski definition) is 1. The van der Waals surface area contributed by atoms with Crippen LogP contribution in [0.2, 0.25) is 10.0 Å². The number of hydrogen-bond acceptors (Lipinski definition) is 3. The predicted molar refractivity (Wildman–Crippen MR) is 91.4 cm³/mol. The van der Waals surface area contributed by atoms with Gasteiger partial charge in [0.25, 0.3) is 5.91 Å². The van der Waals surface area contributed by atoms with E-state index in [2.05, 4.69) is 5.32 Å². The summed E-state index contributed by atoms with van der Waals surface area (Å²) in [5.41, 5.74) is 0.722. The molecule has 1 fully saturated rings. The van der Waals surface area contributed by atoms with Crippen molar-refractivity contribution in [2.75, 3.05) is 0 Å².